The number of rotatable bonds is 4. The van der Waals surface area contributed by atoms with Gasteiger partial charge in [-0.15, -0.1) is 11.3 Å². The highest BCUT2D eigenvalue weighted by Crippen LogP contribution is 2.39. The third-order valence-corrected chi connectivity index (χ3v) is 4.46. The van der Waals surface area contributed by atoms with Crippen molar-refractivity contribution in [3.63, 3.8) is 0 Å². The average molecular weight is 264 g/mol. The zero-order chi connectivity index (χ0) is 13.1. The van der Waals surface area contributed by atoms with Crippen LogP contribution in [0.4, 0.5) is 5.00 Å². The van der Waals surface area contributed by atoms with Crippen molar-refractivity contribution in [1.29, 1.82) is 5.26 Å². The first kappa shape index (κ1) is 12.9. The predicted molar refractivity (Wildman–Crippen MR) is 71.0 cm³/mol. The molecule has 1 heterocycles. The SMILES string of the molecule is CC1CCc2c(sc(NCCC(=O)O)c2C#N)C1. The van der Waals surface area contributed by atoms with Crippen LogP contribution in [0.2, 0.25) is 0 Å². The number of hydrogen-bond donors (Lipinski definition) is 2. The fourth-order valence-electron chi connectivity index (χ4n) is 2.28. The normalized spacial score (nSPS) is 17.9. The number of carbonyl (C=O) groups is 1. The molecule has 2 rings (SSSR count). The van der Waals surface area contributed by atoms with Gasteiger partial charge in [-0.1, -0.05) is 6.92 Å². The molecular weight excluding hydrogens is 248 g/mol. The third-order valence-electron chi connectivity index (χ3n) is 3.25. The predicted octanol–water partition coefficient (Wildman–Crippen LogP) is 2.63. The van der Waals surface area contributed by atoms with E-state index in [1.54, 1.807) is 11.3 Å². The number of fused-ring (bicyclic) bond motifs is 1. The molecule has 0 aliphatic heterocycles. The summed E-state index contributed by atoms with van der Waals surface area (Å²) in [6, 6.07) is 2.26. The lowest BCUT2D eigenvalue weighted by atomic mass is 9.89. The van der Waals surface area contributed by atoms with E-state index in [2.05, 4.69) is 18.3 Å². The number of nitrogens with zero attached hydrogens (tertiary/aromatic N) is 1. The van der Waals surface area contributed by atoms with Gasteiger partial charge in [0.1, 0.15) is 11.1 Å². The van der Waals surface area contributed by atoms with E-state index in [1.807, 2.05) is 0 Å². The van der Waals surface area contributed by atoms with Gasteiger partial charge in [0.25, 0.3) is 0 Å². The molecule has 4 nitrogen and oxygen atoms in total. The van der Waals surface area contributed by atoms with E-state index in [0.717, 1.165) is 29.8 Å². The van der Waals surface area contributed by atoms with Gasteiger partial charge in [0.05, 0.1) is 12.0 Å². The number of carboxylic acid groups (broad SMARTS) is 1. The summed E-state index contributed by atoms with van der Waals surface area (Å²) in [7, 11) is 0. The van der Waals surface area contributed by atoms with E-state index >= 15 is 0 Å². The van der Waals surface area contributed by atoms with Gasteiger partial charge < -0.3 is 10.4 Å². The number of nitriles is 1. The lowest BCUT2D eigenvalue weighted by Gasteiger charge is -2.17. The molecule has 0 saturated heterocycles. The highest BCUT2D eigenvalue weighted by atomic mass is 32.1. The Hall–Kier alpha value is -1.54. The standard InChI is InChI=1S/C13H16N2O2S/c1-8-2-3-9-10(7-14)13(18-11(9)6-8)15-5-4-12(16)17/h8,15H,2-6H2,1H3,(H,16,17). The summed E-state index contributed by atoms with van der Waals surface area (Å²) in [6.07, 6.45) is 3.21. The molecule has 1 aliphatic rings. The van der Waals surface area contributed by atoms with Crippen molar-refractivity contribution in [3.05, 3.63) is 16.0 Å². The minimum absolute atomic E-state index is 0.0733. The molecule has 0 spiro atoms. The van der Waals surface area contributed by atoms with Crippen LogP contribution in [0.1, 0.15) is 35.8 Å². The van der Waals surface area contributed by atoms with Crippen LogP contribution in [-0.4, -0.2) is 17.6 Å². The molecule has 0 fully saturated rings. The highest BCUT2D eigenvalue weighted by Gasteiger charge is 2.23. The van der Waals surface area contributed by atoms with Gasteiger partial charge in [-0.05, 0) is 30.7 Å². The van der Waals surface area contributed by atoms with Crippen LogP contribution in [0, 0.1) is 17.2 Å². The second-order valence-corrected chi connectivity index (χ2v) is 5.84. The Bertz CT molecular complexity index is 502. The van der Waals surface area contributed by atoms with Gasteiger partial charge in [-0.25, -0.2) is 0 Å². The maximum Gasteiger partial charge on any atom is 0.305 e. The van der Waals surface area contributed by atoms with Gasteiger partial charge in [0, 0.05) is 11.4 Å². The summed E-state index contributed by atoms with van der Waals surface area (Å²) in [5, 5.41) is 21.8. The van der Waals surface area contributed by atoms with Gasteiger partial charge in [-0.3, -0.25) is 4.79 Å². The Morgan fingerprint density at radius 1 is 1.67 bits per heavy atom. The molecular formula is C13H16N2O2S. The molecule has 0 aromatic carbocycles. The van der Waals surface area contributed by atoms with Gasteiger partial charge in [-0.2, -0.15) is 5.26 Å². The minimum atomic E-state index is -0.823. The molecule has 1 atom stereocenters. The summed E-state index contributed by atoms with van der Waals surface area (Å²) in [6.45, 7) is 2.60. The summed E-state index contributed by atoms with van der Waals surface area (Å²) in [5.41, 5.74) is 1.91. The quantitative estimate of drug-likeness (QED) is 0.876. The summed E-state index contributed by atoms with van der Waals surface area (Å²) < 4.78 is 0. The largest absolute Gasteiger partial charge is 0.481 e. The molecule has 5 heteroatoms. The second kappa shape index (κ2) is 5.40. The minimum Gasteiger partial charge on any atom is -0.481 e. The van der Waals surface area contributed by atoms with Gasteiger partial charge >= 0.3 is 5.97 Å². The van der Waals surface area contributed by atoms with Crippen LogP contribution in [0.5, 0.6) is 0 Å². The Morgan fingerprint density at radius 2 is 2.44 bits per heavy atom. The smallest absolute Gasteiger partial charge is 0.305 e. The fraction of sp³-hybridized carbons (Fsp3) is 0.538. The number of carboxylic acids is 1. The van der Waals surface area contributed by atoms with Crippen LogP contribution in [0.15, 0.2) is 0 Å². The number of nitrogens with one attached hydrogen (secondary N) is 1. The molecule has 0 saturated carbocycles. The Morgan fingerprint density at radius 3 is 3.11 bits per heavy atom. The molecule has 1 aromatic rings. The van der Waals surface area contributed by atoms with E-state index in [0.29, 0.717) is 12.5 Å². The average Bonchev–Trinajstić information content (AvgIpc) is 2.65. The van der Waals surface area contributed by atoms with Crippen molar-refractivity contribution < 1.29 is 9.90 Å². The lowest BCUT2D eigenvalue weighted by Crippen LogP contribution is -2.09. The molecule has 0 amide bonds. The van der Waals surface area contributed by atoms with Crippen LogP contribution < -0.4 is 5.32 Å². The second-order valence-electron chi connectivity index (χ2n) is 4.74. The van der Waals surface area contributed by atoms with Crippen LogP contribution in [-0.2, 0) is 17.6 Å². The molecule has 1 aliphatic carbocycles. The van der Waals surface area contributed by atoms with E-state index in [4.69, 9.17) is 5.11 Å². The topological polar surface area (TPSA) is 73.1 Å². The Kier molecular flexibility index (Phi) is 3.87. The lowest BCUT2D eigenvalue weighted by molar-refractivity contribution is -0.136. The van der Waals surface area contributed by atoms with Crippen LogP contribution in [0.3, 0.4) is 0 Å². The van der Waals surface area contributed by atoms with E-state index in [1.165, 1.54) is 10.4 Å². The summed E-state index contributed by atoms with van der Waals surface area (Å²) >= 11 is 1.62. The molecule has 2 N–H and O–H groups in total. The molecule has 18 heavy (non-hydrogen) atoms. The molecule has 0 bridgehead atoms. The van der Waals surface area contributed by atoms with Crippen molar-refractivity contribution in [2.45, 2.75) is 32.6 Å². The summed E-state index contributed by atoms with van der Waals surface area (Å²) in [4.78, 5) is 11.8. The molecule has 1 aromatic heterocycles. The fourth-order valence-corrected chi connectivity index (χ4v) is 3.66. The van der Waals surface area contributed by atoms with Crippen molar-refractivity contribution in [3.8, 4) is 6.07 Å². The van der Waals surface area contributed by atoms with Crippen LogP contribution in [0.25, 0.3) is 0 Å². The number of anilines is 1. The van der Waals surface area contributed by atoms with Gasteiger partial charge in [0.2, 0.25) is 0 Å². The van der Waals surface area contributed by atoms with Crippen molar-refractivity contribution in [1.82, 2.24) is 0 Å². The maximum atomic E-state index is 10.5. The van der Waals surface area contributed by atoms with E-state index < -0.39 is 5.97 Å². The third kappa shape index (κ3) is 2.65. The first-order valence-corrected chi connectivity index (χ1v) is 6.93. The van der Waals surface area contributed by atoms with Crippen molar-refractivity contribution >= 4 is 22.3 Å². The Balaban J connectivity index is 2.16. The monoisotopic (exact) mass is 264 g/mol. The number of aliphatic carboxylic acids is 1. The highest BCUT2D eigenvalue weighted by molar-refractivity contribution is 7.16. The summed E-state index contributed by atoms with van der Waals surface area (Å²) in [5.74, 6) is -0.148. The van der Waals surface area contributed by atoms with E-state index in [-0.39, 0.29) is 6.42 Å². The first-order valence-electron chi connectivity index (χ1n) is 6.12. The molecule has 1 unspecified atom stereocenters. The zero-order valence-electron chi connectivity index (χ0n) is 10.3. The number of hydrogen-bond acceptors (Lipinski definition) is 4. The Labute approximate surface area is 110 Å². The van der Waals surface area contributed by atoms with Gasteiger partial charge in [0.15, 0.2) is 0 Å². The zero-order valence-corrected chi connectivity index (χ0v) is 11.1. The first-order chi connectivity index (χ1) is 8.61. The maximum absolute atomic E-state index is 10.5. The number of thiophene rings is 1. The van der Waals surface area contributed by atoms with Crippen molar-refractivity contribution in [2.75, 3.05) is 11.9 Å². The van der Waals surface area contributed by atoms with Crippen LogP contribution >= 0.6 is 11.3 Å². The molecule has 0 radical (unpaired) electrons. The van der Waals surface area contributed by atoms with Crippen molar-refractivity contribution in [2.24, 2.45) is 5.92 Å². The molecule has 96 valence electrons. The van der Waals surface area contributed by atoms with E-state index in [9.17, 15) is 10.1 Å².